The molecular weight excluding hydrogens is 450 g/mol. The Bertz CT molecular complexity index is 1160. The lowest BCUT2D eigenvalue weighted by Crippen LogP contribution is -2.42. The number of aryl methyl sites for hydroxylation is 2. The van der Waals surface area contributed by atoms with Gasteiger partial charge in [-0.15, -0.1) is 0 Å². The highest BCUT2D eigenvalue weighted by molar-refractivity contribution is 6.46. The molecule has 9 heteroatoms. The molecule has 0 saturated carbocycles. The molecule has 2 aromatic rings. The van der Waals surface area contributed by atoms with E-state index in [9.17, 15) is 14.7 Å². The molecule has 2 saturated heterocycles. The van der Waals surface area contributed by atoms with Gasteiger partial charge < -0.3 is 29.2 Å². The molecule has 1 aromatic carbocycles. The second-order valence-electron chi connectivity index (χ2n) is 8.94. The van der Waals surface area contributed by atoms with Crippen molar-refractivity contribution in [1.82, 2.24) is 14.8 Å². The summed E-state index contributed by atoms with van der Waals surface area (Å²) in [6.07, 6.45) is 0. The molecular formula is C26H33N3O6. The molecule has 2 aliphatic heterocycles. The highest BCUT2D eigenvalue weighted by Crippen LogP contribution is 2.42. The number of nitrogens with zero attached hydrogens (tertiary/aromatic N) is 2. The van der Waals surface area contributed by atoms with Gasteiger partial charge in [0.1, 0.15) is 5.76 Å². The number of hydrogen-bond acceptors (Lipinski definition) is 7. The van der Waals surface area contributed by atoms with Crippen molar-refractivity contribution in [2.45, 2.75) is 26.8 Å². The molecule has 4 rings (SSSR count). The van der Waals surface area contributed by atoms with E-state index in [-0.39, 0.29) is 11.3 Å². The van der Waals surface area contributed by atoms with Crippen LogP contribution in [0.25, 0.3) is 5.76 Å². The van der Waals surface area contributed by atoms with Gasteiger partial charge in [0, 0.05) is 43.1 Å². The predicted octanol–water partition coefficient (Wildman–Crippen LogP) is 2.71. The molecule has 2 N–H and O–H groups in total. The number of Topliss-reactive ketones (excluding diaryl/α,β-unsaturated/α-hetero) is 1. The Balaban J connectivity index is 1.82. The van der Waals surface area contributed by atoms with Gasteiger partial charge in [-0.05, 0) is 44.0 Å². The number of aromatic nitrogens is 1. The third kappa shape index (κ3) is 4.53. The van der Waals surface area contributed by atoms with Gasteiger partial charge in [0.2, 0.25) is 0 Å². The van der Waals surface area contributed by atoms with Gasteiger partial charge in [0.25, 0.3) is 11.7 Å². The molecule has 0 spiro atoms. The van der Waals surface area contributed by atoms with Crippen molar-refractivity contribution >= 4 is 17.4 Å². The van der Waals surface area contributed by atoms with E-state index in [1.165, 1.54) is 7.11 Å². The Morgan fingerprint density at radius 2 is 1.74 bits per heavy atom. The Hall–Kier alpha value is -3.30. The number of aliphatic hydroxyl groups excluding tert-OH is 1. The number of amides is 1. The lowest BCUT2D eigenvalue weighted by molar-refractivity contribution is -0.140. The Morgan fingerprint density at radius 1 is 1.06 bits per heavy atom. The number of rotatable bonds is 7. The van der Waals surface area contributed by atoms with Crippen molar-refractivity contribution in [2.75, 3.05) is 53.6 Å². The van der Waals surface area contributed by atoms with Gasteiger partial charge in [-0.2, -0.15) is 0 Å². The minimum atomic E-state index is -0.759. The predicted molar refractivity (Wildman–Crippen MR) is 131 cm³/mol. The van der Waals surface area contributed by atoms with Crippen LogP contribution < -0.4 is 9.47 Å². The highest BCUT2D eigenvalue weighted by atomic mass is 16.5. The number of methoxy groups -OCH3 is 2. The Kier molecular flexibility index (Phi) is 7.18. The van der Waals surface area contributed by atoms with Gasteiger partial charge >= 0.3 is 0 Å². The molecule has 35 heavy (non-hydrogen) atoms. The second-order valence-corrected chi connectivity index (χ2v) is 8.94. The van der Waals surface area contributed by atoms with E-state index in [4.69, 9.17) is 14.2 Å². The second kappa shape index (κ2) is 10.1. The van der Waals surface area contributed by atoms with Crippen LogP contribution in [-0.2, 0) is 14.3 Å². The van der Waals surface area contributed by atoms with Crippen LogP contribution >= 0.6 is 0 Å². The molecule has 1 unspecified atom stereocenters. The van der Waals surface area contributed by atoms with E-state index in [1.807, 2.05) is 20.8 Å². The van der Waals surface area contributed by atoms with Crippen LogP contribution in [0, 0.1) is 20.8 Å². The van der Waals surface area contributed by atoms with Crippen LogP contribution in [0.3, 0.4) is 0 Å². The van der Waals surface area contributed by atoms with Crippen molar-refractivity contribution in [3.8, 4) is 11.5 Å². The standard InChI is InChI=1S/C26H33N3O6/c1-15-16(2)27-17(3)21(15)24(30)22-23(18-6-7-19(33-4)20(14-18)34-5)29(26(32)25(22)31)9-8-28-10-12-35-13-11-28/h6-7,14,23,27,30H,8-13H2,1-5H3/b24-22+. The zero-order chi connectivity index (χ0) is 25.3. The van der Waals surface area contributed by atoms with Crippen LogP contribution in [0.1, 0.15) is 34.1 Å². The molecule has 2 aliphatic rings. The third-order valence-electron chi connectivity index (χ3n) is 6.95. The number of nitrogens with one attached hydrogen (secondary N) is 1. The number of H-pyrrole nitrogens is 1. The Morgan fingerprint density at radius 3 is 2.34 bits per heavy atom. The number of aliphatic hydroxyl groups is 1. The summed E-state index contributed by atoms with van der Waals surface area (Å²) in [6, 6.07) is 4.54. The van der Waals surface area contributed by atoms with E-state index >= 15 is 0 Å². The zero-order valence-corrected chi connectivity index (χ0v) is 20.9. The summed E-state index contributed by atoms with van der Waals surface area (Å²) in [5.41, 5.74) is 3.77. The van der Waals surface area contributed by atoms with E-state index in [1.54, 1.807) is 30.2 Å². The average molecular weight is 484 g/mol. The van der Waals surface area contributed by atoms with Gasteiger partial charge in [0.05, 0.1) is 39.0 Å². The molecule has 188 valence electrons. The Labute approximate surface area is 205 Å². The number of hydrogen-bond donors (Lipinski definition) is 2. The maximum absolute atomic E-state index is 13.4. The fourth-order valence-electron chi connectivity index (χ4n) is 4.95. The maximum Gasteiger partial charge on any atom is 0.295 e. The summed E-state index contributed by atoms with van der Waals surface area (Å²) in [6.45, 7) is 9.39. The topological polar surface area (TPSA) is 104 Å². The maximum atomic E-state index is 13.4. The first-order chi connectivity index (χ1) is 16.8. The quantitative estimate of drug-likeness (QED) is 0.355. The number of morpholine rings is 1. The summed E-state index contributed by atoms with van der Waals surface area (Å²) in [5.74, 6) is -0.469. The number of benzene rings is 1. The molecule has 1 atom stereocenters. The van der Waals surface area contributed by atoms with Crippen LogP contribution in [0.2, 0.25) is 0 Å². The summed E-state index contributed by atoms with van der Waals surface area (Å²) < 4.78 is 16.3. The first-order valence-electron chi connectivity index (χ1n) is 11.7. The van der Waals surface area contributed by atoms with Crippen molar-refractivity contribution in [3.05, 3.63) is 51.9 Å². The number of ketones is 1. The van der Waals surface area contributed by atoms with Crippen molar-refractivity contribution < 1.29 is 28.9 Å². The van der Waals surface area contributed by atoms with Crippen LogP contribution in [0.15, 0.2) is 23.8 Å². The minimum Gasteiger partial charge on any atom is -0.507 e. The fourth-order valence-corrected chi connectivity index (χ4v) is 4.95. The summed E-state index contributed by atoms with van der Waals surface area (Å²) in [5, 5.41) is 11.5. The third-order valence-corrected chi connectivity index (χ3v) is 6.95. The summed E-state index contributed by atoms with van der Waals surface area (Å²) in [7, 11) is 3.08. The monoisotopic (exact) mass is 483 g/mol. The molecule has 9 nitrogen and oxygen atoms in total. The number of likely N-dealkylation sites (tertiary alicyclic amines) is 1. The first-order valence-corrected chi connectivity index (χ1v) is 11.7. The molecule has 3 heterocycles. The molecule has 1 aromatic heterocycles. The zero-order valence-electron chi connectivity index (χ0n) is 20.9. The number of carbonyl (C=O) groups excluding carboxylic acids is 2. The van der Waals surface area contributed by atoms with Crippen LogP contribution in [0.5, 0.6) is 11.5 Å². The van der Waals surface area contributed by atoms with Gasteiger partial charge in [-0.25, -0.2) is 0 Å². The van der Waals surface area contributed by atoms with Gasteiger partial charge in [-0.1, -0.05) is 6.07 Å². The smallest absolute Gasteiger partial charge is 0.295 e. The molecule has 0 radical (unpaired) electrons. The largest absolute Gasteiger partial charge is 0.507 e. The molecule has 1 amide bonds. The molecule has 0 aliphatic carbocycles. The number of carbonyl (C=O) groups is 2. The summed E-state index contributed by atoms with van der Waals surface area (Å²) >= 11 is 0. The minimum absolute atomic E-state index is 0.0781. The summed E-state index contributed by atoms with van der Waals surface area (Å²) in [4.78, 5) is 33.6. The lowest BCUT2D eigenvalue weighted by atomic mass is 9.94. The number of ether oxygens (including phenoxy) is 3. The molecule has 0 bridgehead atoms. The fraction of sp³-hybridized carbons (Fsp3) is 0.462. The van der Waals surface area contributed by atoms with Crippen molar-refractivity contribution in [3.63, 3.8) is 0 Å². The van der Waals surface area contributed by atoms with Crippen LogP contribution in [-0.4, -0.2) is 85.2 Å². The number of aromatic amines is 1. The van der Waals surface area contributed by atoms with E-state index in [0.717, 1.165) is 30.0 Å². The molecule has 2 fully saturated rings. The van der Waals surface area contributed by atoms with E-state index in [2.05, 4.69) is 9.88 Å². The van der Waals surface area contributed by atoms with Gasteiger partial charge in [-0.3, -0.25) is 14.5 Å². The van der Waals surface area contributed by atoms with Crippen molar-refractivity contribution in [1.29, 1.82) is 0 Å². The normalized spacial score (nSPS) is 20.5. The average Bonchev–Trinajstić information content (AvgIpc) is 3.27. The van der Waals surface area contributed by atoms with E-state index < -0.39 is 17.7 Å². The van der Waals surface area contributed by atoms with Crippen LogP contribution in [0.4, 0.5) is 0 Å². The lowest BCUT2D eigenvalue weighted by Gasteiger charge is -2.31. The first kappa shape index (κ1) is 24.8. The van der Waals surface area contributed by atoms with Crippen molar-refractivity contribution in [2.24, 2.45) is 0 Å². The van der Waals surface area contributed by atoms with E-state index in [0.29, 0.717) is 48.9 Å². The SMILES string of the molecule is COc1ccc(C2/C(=C(\O)c3c(C)[nH]c(C)c3C)C(=O)C(=O)N2CCN2CCOCC2)cc1OC. The highest BCUT2D eigenvalue weighted by Gasteiger charge is 2.46. The van der Waals surface area contributed by atoms with Gasteiger partial charge in [0.15, 0.2) is 11.5 Å².